The first kappa shape index (κ1) is 23.5. The summed E-state index contributed by atoms with van der Waals surface area (Å²) in [6, 6.07) is 19.3. The van der Waals surface area contributed by atoms with Gasteiger partial charge >= 0.3 is 6.03 Å². The summed E-state index contributed by atoms with van der Waals surface area (Å²) in [5.74, 6) is -0.464. The summed E-state index contributed by atoms with van der Waals surface area (Å²) in [5.41, 5.74) is 2.56. The lowest BCUT2D eigenvalue weighted by Gasteiger charge is -2.27. The zero-order chi connectivity index (χ0) is 24.2. The minimum absolute atomic E-state index is 0.155. The topological polar surface area (TPSA) is 84.9 Å². The average molecular weight is 568 g/mol. The second-order valence-electron chi connectivity index (χ2n) is 7.57. The number of para-hydroxylation sites is 1. The number of rotatable bonds is 6. The Bertz CT molecular complexity index is 1300. The van der Waals surface area contributed by atoms with E-state index in [2.05, 4.69) is 27.9 Å². The second kappa shape index (κ2) is 10.1. The summed E-state index contributed by atoms with van der Waals surface area (Å²) < 4.78 is 12.5. The van der Waals surface area contributed by atoms with Crippen LogP contribution in [0.5, 0.6) is 11.5 Å². The molecule has 172 valence electrons. The number of halogens is 1. The number of nitrogens with zero attached hydrogens (tertiary/aromatic N) is 1. The molecule has 0 spiro atoms. The first-order valence-electron chi connectivity index (χ1n) is 10.4. The number of nitrogens with one attached hydrogen (secondary N) is 1. The molecule has 3 aromatic carbocycles. The van der Waals surface area contributed by atoms with E-state index in [-0.39, 0.29) is 5.57 Å². The molecule has 8 heteroatoms. The predicted molar refractivity (Wildman–Crippen MR) is 137 cm³/mol. The summed E-state index contributed by atoms with van der Waals surface area (Å²) in [5, 5.41) is 2.24. The molecule has 4 rings (SSSR count). The Morgan fingerprint density at radius 2 is 1.71 bits per heavy atom. The second-order valence-corrected chi connectivity index (χ2v) is 8.82. The minimum atomic E-state index is -0.779. The van der Waals surface area contributed by atoms with E-state index in [9.17, 15) is 14.4 Å². The van der Waals surface area contributed by atoms with E-state index >= 15 is 0 Å². The number of amides is 4. The van der Waals surface area contributed by atoms with Crippen molar-refractivity contribution in [1.29, 1.82) is 0 Å². The standard InChI is InChI=1S/C26H21IN2O5/c1-16-5-3-4-6-21(16)29-25(31)20(24(30)28-26(29)32)13-18-9-12-22(23(14-18)33-2)34-15-17-7-10-19(27)11-8-17/h3-14H,15H2,1-2H3,(H,28,30,32)/b20-13+. The predicted octanol–water partition coefficient (Wildman–Crippen LogP) is 4.85. The van der Waals surface area contributed by atoms with Crippen LogP contribution in [0, 0.1) is 10.5 Å². The number of methoxy groups -OCH3 is 1. The van der Waals surface area contributed by atoms with Gasteiger partial charge in [0.1, 0.15) is 12.2 Å². The summed E-state index contributed by atoms with van der Waals surface area (Å²) in [6.45, 7) is 2.15. The van der Waals surface area contributed by atoms with Crippen LogP contribution in [0.1, 0.15) is 16.7 Å². The monoisotopic (exact) mass is 568 g/mol. The van der Waals surface area contributed by atoms with Crippen LogP contribution in [-0.4, -0.2) is 25.0 Å². The lowest BCUT2D eigenvalue weighted by molar-refractivity contribution is -0.122. The molecular formula is C26H21IN2O5. The highest BCUT2D eigenvalue weighted by Gasteiger charge is 2.37. The van der Waals surface area contributed by atoms with Crippen molar-refractivity contribution in [2.45, 2.75) is 13.5 Å². The summed E-state index contributed by atoms with van der Waals surface area (Å²) in [7, 11) is 1.51. The van der Waals surface area contributed by atoms with E-state index in [0.717, 1.165) is 19.6 Å². The van der Waals surface area contributed by atoms with Crippen LogP contribution in [0.15, 0.2) is 72.3 Å². The fraction of sp³-hybridized carbons (Fsp3) is 0.115. The molecule has 0 aromatic heterocycles. The van der Waals surface area contributed by atoms with Crippen LogP contribution in [0.25, 0.3) is 6.08 Å². The number of barbiturate groups is 1. The van der Waals surface area contributed by atoms with Crippen molar-refractivity contribution >= 4 is 52.2 Å². The molecular weight excluding hydrogens is 547 g/mol. The summed E-state index contributed by atoms with van der Waals surface area (Å²) >= 11 is 2.24. The lowest BCUT2D eigenvalue weighted by Crippen LogP contribution is -2.54. The van der Waals surface area contributed by atoms with E-state index in [1.54, 1.807) is 43.3 Å². The van der Waals surface area contributed by atoms with Gasteiger partial charge < -0.3 is 9.47 Å². The van der Waals surface area contributed by atoms with Gasteiger partial charge in [-0.1, -0.05) is 36.4 Å². The number of urea groups is 1. The van der Waals surface area contributed by atoms with Crippen molar-refractivity contribution < 1.29 is 23.9 Å². The molecule has 3 aromatic rings. The van der Waals surface area contributed by atoms with Crippen LogP contribution in [0.2, 0.25) is 0 Å². The third-order valence-electron chi connectivity index (χ3n) is 5.26. The quantitative estimate of drug-likeness (QED) is 0.261. The van der Waals surface area contributed by atoms with Gasteiger partial charge in [-0.25, -0.2) is 9.69 Å². The largest absolute Gasteiger partial charge is 0.493 e. The molecule has 7 nitrogen and oxygen atoms in total. The molecule has 4 amide bonds. The maximum Gasteiger partial charge on any atom is 0.335 e. The Hall–Kier alpha value is -3.66. The van der Waals surface area contributed by atoms with Crippen molar-refractivity contribution in [2.75, 3.05) is 12.0 Å². The first-order valence-corrected chi connectivity index (χ1v) is 11.5. The van der Waals surface area contributed by atoms with Gasteiger partial charge in [-0.3, -0.25) is 14.9 Å². The molecule has 1 aliphatic rings. The molecule has 1 saturated heterocycles. The van der Waals surface area contributed by atoms with E-state index in [1.165, 1.54) is 13.2 Å². The fourth-order valence-corrected chi connectivity index (χ4v) is 3.85. The Labute approximate surface area is 210 Å². The highest BCUT2D eigenvalue weighted by atomic mass is 127. The number of carbonyl (C=O) groups is 3. The van der Waals surface area contributed by atoms with Gasteiger partial charge in [0.2, 0.25) is 0 Å². The number of aryl methyl sites for hydroxylation is 1. The molecule has 0 radical (unpaired) electrons. The van der Waals surface area contributed by atoms with Crippen molar-refractivity contribution in [1.82, 2.24) is 5.32 Å². The van der Waals surface area contributed by atoms with Crippen molar-refractivity contribution in [3.05, 3.63) is 92.6 Å². The zero-order valence-electron chi connectivity index (χ0n) is 18.5. The zero-order valence-corrected chi connectivity index (χ0v) is 20.7. The molecule has 0 unspecified atom stereocenters. The van der Waals surface area contributed by atoms with E-state index < -0.39 is 17.8 Å². The van der Waals surface area contributed by atoms with Crippen molar-refractivity contribution in [3.8, 4) is 11.5 Å². The Balaban J connectivity index is 1.60. The molecule has 1 N–H and O–H groups in total. The summed E-state index contributed by atoms with van der Waals surface area (Å²) in [4.78, 5) is 39.0. The SMILES string of the molecule is COc1cc(/C=C2\C(=O)NC(=O)N(c3ccccc3C)C2=O)ccc1OCc1ccc(I)cc1. The van der Waals surface area contributed by atoms with Crippen LogP contribution < -0.4 is 19.7 Å². The minimum Gasteiger partial charge on any atom is -0.493 e. The van der Waals surface area contributed by atoms with Gasteiger partial charge in [-0.05, 0) is 82.6 Å². The van der Waals surface area contributed by atoms with Gasteiger partial charge in [0.25, 0.3) is 11.8 Å². The van der Waals surface area contributed by atoms with Gasteiger partial charge in [-0.15, -0.1) is 0 Å². The first-order chi connectivity index (χ1) is 16.4. The number of imide groups is 2. The van der Waals surface area contributed by atoms with E-state index in [0.29, 0.717) is 29.4 Å². The van der Waals surface area contributed by atoms with Gasteiger partial charge in [0.15, 0.2) is 11.5 Å². The average Bonchev–Trinajstić information content (AvgIpc) is 2.83. The Morgan fingerprint density at radius 1 is 0.971 bits per heavy atom. The molecule has 0 saturated carbocycles. The Morgan fingerprint density at radius 3 is 2.41 bits per heavy atom. The number of hydrogen-bond acceptors (Lipinski definition) is 5. The van der Waals surface area contributed by atoms with Gasteiger partial charge in [-0.2, -0.15) is 0 Å². The lowest BCUT2D eigenvalue weighted by atomic mass is 10.1. The van der Waals surface area contributed by atoms with Crippen molar-refractivity contribution in [3.63, 3.8) is 0 Å². The third kappa shape index (κ3) is 4.96. The van der Waals surface area contributed by atoms with Gasteiger partial charge in [0, 0.05) is 3.57 Å². The smallest absolute Gasteiger partial charge is 0.335 e. The van der Waals surface area contributed by atoms with Gasteiger partial charge in [0.05, 0.1) is 12.8 Å². The molecule has 1 heterocycles. The van der Waals surface area contributed by atoms with E-state index in [4.69, 9.17) is 9.47 Å². The van der Waals surface area contributed by atoms with Crippen molar-refractivity contribution in [2.24, 2.45) is 0 Å². The number of ether oxygens (including phenoxy) is 2. The fourth-order valence-electron chi connectivity index (χ4n) is 3.49. The molecule has 1 aliphatic heterocycles. The number of benzene rings is 3. The molecule has 0 aliphatic carbocycles. The number of hydrogen-bond donors (Lipinski definition) is 1. The summed E-state index contributed by atoms with van der Waals surface area (Å²) in [6.07, 6.45) is 1.43. The van der Waals surface area contributed by atoms with Crippen LogP contribution in [0.3, 0.4) is 0 Å². The number of carbonyl (C=O) groups excluding carboxylic acids is 3. The molecule has 34 heavy (non-hydrogen) atoms. The molecule has 0 bridgehead atoms. The highest BCUT2D eigenvalue weighted by molar-refractivity contribution is 14.1. The maximum atomic E-state index is 13.1. The highest BCUT2D eigenvalue weighted by Crippen LogP contribution is 2.31. The number of anilines is 1. The molecule has 1 fully saturated rings. The normalized spacial score (nSPS) is 14.9. The maximum absolute atomic E-state index is 13.1. The molecule has 0 atom stereocenters. The third-order valence-corrected chi connectivity index (χ3v) is 5.98. The van der Waals surface area contributed by atoms with Crippen LogP contribution in [0.4, 0.5) is 10.5 Å². The van der Waals surface area contributed by atoms with Crippen LogP contribution >= 0.6 is 22.6 Å². The van der Waals surface area contributed by atoms with E-state index in [1.807, 2.05) is 30.3 Å². The van der Waals surface area contributed by atoms with Crippen LogP contribution in [-0.2, 0) is 16.2 Å². The Kier molecular flexibility index (Phi) is 6.97.